The van der Waals surface area contributed by atoms with Crippen LogP contribution in [0.25, 0.3) is 5.76 Å². The number of Topliss-reactive ketones (excluding diaryl/α,β-unsaturated/α-hetero) is 1. The monoisotopic (exact) mass is 498 g/mol. The number of aryl methyl sites for hydroxylation is 1. The Hall–Kier alpha value is -2.48. The number of rotatable bonds is 6. The Balaban J connectivity index is 1.66. The van der Waals surface area contributed by atoms with E-state index in [0.29, 0.717) is 12.1 Å². The van der Waals surface area contributed by atoms with Crippen LogP contribution >= 0.6 is 15.9 Å². The molecule has 2 aliphatic heterocycles. The van der Waals surface area contributed by atoms with Gasteiger partial charge in [0.25, 0.3) is 5.91 Å². The van der Waals surface area contributed by atoms with Crippen molar-refractivity contribution in [1.29, 1.82) is 0 Å². The van der Waals surface area contributed by atoms with Gasteiger partial charge in [0.05, 0.1) is 25.8 Å². The first-order valence-electron chi connectivity index (χ1n) is 11.0. The lowest BCUT2D eigenvalue weighted by Crippen LogP contribution is -3.14. The van der Waals surface area contributed by atoms with E-state index in [1.807, 2.05) is 31.2 Å². The number of ketones is 1. The number of carbonyl (C=O) groups excluding carboxylic acids is 2. The van der Waals surface area contributed by atoms with Crippen LogP contribution in [0.1, 0.15) is 29.2 Å². The number of nitrogens with one attached hydrogen (secondary N) is 1. The van der Waals surface area contributed by atoms with Crippen LogP contribution in [0.4, 0.5) is 0 Å². The Labute approximate surface area is 196 Å². The van der Waals surface area contributed by atoms with E-state index < -0.39 is 17.7 Å². The van der Waals surface area contributed by atoms with Crippen LogP contribution in [-0.2, 0) is 14.3 Å². The Morgan fingerprint density at radius 2 is 1.75 bits per heavy atom. The molecule has 1 N–H and O–H groups in total. The highest BCUT2D eigenvalue weighted by atomic mass is 79.9. The van der Waals surface area contributed by atoms with Crippen LogP contribution in [0.15, 0.2) is 58.6 Å². The second-order valence-electron chi connectivity index (χ2n) is 8.36. The van der Waals surface area contributed by atoms with Crippen LogP contribution in [0.3, 0.4) is 0 Å². The van der Waals surface area contributed by atoms with Gasteiger partial charge in [0.2, 0.25) is 5.78 Å². The summed E-state index contributed by atoms with van der Waals surface area (Å²) in [5.74, 6) is -1.67. The first kappa shape index (κ1) is 22.7. The molecule has 0 radical (unpaired) electrons. The molecular weight excluding hydrogens is 472 g/mol. The van der Waals surface area contributed by atoms with Crippen LogP contribution in [0.5, 0.6) is 0 Å². The lowest BCUT2D eigenvalue weighted by atomic mass is 9.94. The molecule has 0 aliphatic carbocycles. The van der Waals surface area contributed by atoms with Crippen LogP contribution in [-0.4, -0.2) is 56.0 Å². The molecule has 0 aromatic heterocycles. The molecule has 0 bridgehead atoms. The molecule has 2 fully saturated rings. The summed E-state index contributed by atoms with van der Waals surface area (Å²) >= 11 is 3.37. The highest BCUT2D eigenvalue weighted by Crippen LogP contribution is 2.38. The second kappa shape index (κ2) is 9.98. The van der Waals surface area contributed by atoms with Gasteiger partial charge in [0, 0.05) is 23.0 Å². The Morgan fingerprint density at radius 1 is 1.09 bits per heavy atom. The number of carbonyl (C=O) groups is 2. The molecule has 1 unspecified atom stereocenters. The van der Waals surface area contributed by atoms with Crippen molar-refractivity contribution in [2.24, 2.45) is 0 Å². The molecule has 1 atom stereocenters. The third-order valence-corrected chi connectivity index (χ3v) is 6.69. The van der Waals surface area contributed by atoms with Gasteiger partial charge in [-0.25, -0.2) is 0 Å². The van der Waals surface area contributed by atoms with Gasteiger partial charge < -0.3 is 19.6 Å². The van der Waals surface area contributed by atoms with E-state index in [0.717, 1.165) is 54.9 Å². The number of halogens is 1. The summed E-state index contributed by atoms with van der Waals surface area (Å²) in [6.07, 6.45) is 0.760. The summed E-state index contributed by atoms with van der Waals surface area (Å²) in [4.78, 5) is 29.1. The molecule has 2 aromatic rings. The summed E-state index contributed by atoms with van der Waals surface area (Å²) in [7, 11) is 0. The fraction of sp³-hybridized carbons (Fsp3) is 0.360. The lowest BCUT2D eigenvalue weighted by molar-refractivity contribution is -0.908. The number of benzene rings is 2. The normalized spacial score (nSPS) is 21.3. The number of quaternary nitrogens is 1. The zero-order valence-corrected chi connectivity index (χ0v) is 19.7. The molecule has 2 heterocycles. The second-order valence-corrected chi connectivity index (χ2v) is 9.27. The molecular formula is C25H27BrN2O4. The first-order chi connectivity index (χ1) is 15.5. The van der Waals surface area contributed by atoms with Gasteiger partial charge in [-0.1, -0.05) is 63.7 Å². The largest absolute Gasteiger partial charge is 0.872 e. The molecule has 4 rings (SSSR count). The molecule has 2 aromatic carbocycles. The molecule has 0 saturated carbocycles. The van der Waals surface area contributed by atoms with E-state index in [9.17, 15) is 14.7 Å². The predicted octanol–water partition coefficient (Wildman–Crippen LogP) is 1.29. The average molecular weight is 499 g/mol. The SMILES string of the molecule is Cc1ccc(C2C(=C([O-])c3ccc(Br)cc3)C(=O)C(=O)N2CCC[NH+]2CCOCC2)cc1. The average Bonchev–Trinajstić information content (AvgIpc) is 3.05. The number of amides is 1. The van der Waals surface area contributed by atoms with Crippen molar-refractivity contribution in [3.63, 3.8) is 0 Å². The Kier molecular flexibility index (Phi) is 7.08. The molecule has 2 aliphatic rings. The van der Waals surface area contributed by atoms with E-state index in [1.165, 1.54) is 4.90 Å². The minimum Gasteiger partial charge on any atom is -0.872 e. The number of hydrogen-bond acceptors (Lipinski definition) is 4. The van der Waals surface area contributed by atoms with Gasteiger partial charge in [-0.2, -0.15) is 0 Å². The third kappa shape index (κ3) is 4.80. The number of morpholine rings is 1. The van der Waals surface area contributed by atoms with Gasteiger partial charge in [-0.05, 0) is 30.2 Å². The summed E-state index contributed by atoms with van der Waals surface area (Å²) < 4.78 is 6.25. The number of likely N-dealkylation sites (tertiary alicyclic amines) is 1. The zero-order chi connectivity index (χ0) is 22.7. The standard InChI is InChI=1S/C25H27BrN2O4/c1-17-3-5-18(6-4-17)22-21(23(29)19-7-9-20(26)10-8-19)24(30)25(31)28(22)12-2-11-27-13-15-32-16-14-27/h3-10,22,29H,2,11-16H2,1H3. The third-order valence-electron chi connectivity index (χ3n) is 6.16. The fourth-order valence-corrected chi connectivity index (χ4v) is 4.63. The van der Waals surface area contributed by atoms with Crippen LogP contribution < -0.4 is 10.0 Å². The van der Waals surface area contributed by atoms with Crippen molar-refractivity contribution < 1.29 is 24.3 Å². The van der Waals surface area contributed by atoms with Crippen molar-refractivity contribution in [3.05, 3.63) is 75.3 Å². The Morgan fingerprint density at radius 3 is 2.41 bits per heavy atom. The van der Waals surface area contributed by atoms with Crippen LogP contribution in [0, 0.1) is 6.92 Å². The van der Waals surface area contributed by atoms with E-state index >= 15 is 0 Å². The smallest absolute Gasteiger partial charge is 0.295 e. The Bertz CT molecular complexity index is 1010. The van der Waals surface area contributed by atoms with Gasteiger partial charge in [-0.3, -0.25) is 9.59 Å². The highest BCUT2D eigenvalue weighted by molar-refractivity contribution is 9.10. The topological polar surface area (TPSA) is 74.1 Å². The van der Waals surface area contributed by atoms with Crippen LogP contribution in [0.2, 0.25) is 0 Å². The predicted molar refractivity (Wildman–Crippen MR) is 123 cm³/mol. The molecule has 7 heteroatoms. The number of hydrogen-bond donors (Lipinski definition) is 1. The van der Waals surface area contributed by atoms with E-state index in [1.54, 1.807) is 29.2 Å². The van der Waals surface area contributed by atoms with E-state index in [-0.39, 0.29) is 11.3 Å². The summed E-state index contributed by atoms with van der Waals surface area (Å²) in [5, 5.41) is 13.4. The first-order valence-corrected chi connectivity index (χ1v) is 11.8. The van der Waals surface area contributed by atoms with Crippen molar-refractivity contribution >= 4 is 33.4 Å². The van der Waals surface area contributed by atoms with Crippen molar-refractivity contribution in [2.45, 2.75) is 19.4 Å². The van der Waals surface area contributed by atoms with E-state index in [4.69, 9.17) is 4.74 Å². The minimum absolute atomic E-state index is 0.0416. The van der Waals surface area contributed by atoms with Crippen molar-refractivity contribution in [3.8, 4) is 0 Å². The maximum absolute atomic E-state index is 13.4. The van der Waals surface area contributed by atoms with Gasteiger partial charge in [0.15, 0.2) is 0 Å². The lowest BCUT2D eigenvalue weighted by Gasteiger charge is -2.29. The molecule has 32 heavy (non-hydrogen) atoms. The molecule has 168 valence electrons. The molecule has 2 saturated heterocycles. The number of ether oxygens (including phenoxy) is 1. The van der Waals surface area contributed by atoms with Gasteiger partial charge in [0.1, 0.15) is 13.1 Å². The summed E-state index contributed by atoms with van der Waals surface area (Å²) in [6.45, 7) is 6.73. The molecule has 6 nitrogen and oxygen atoms in total. The minimum atomic E-state index is -0.692. The van der Waals surface area contributed by atoms with Gasteiger partial charge in [-0.15, -0.1) is 0 Å². The van der Waals surface area contributed by atoms with Gasteiger partial charge >= 0.3 is 0 Å². The number of nitrogens with zero attached hydrogens (tertiary/aromatic N) is 1. The maximum Gasteiger partial charge on any atom is 0.295 e. The summed E-state index contributed by atoms with van der Waals surface area (Å²) in [5.41, 5.74) is 2.31. The summed E-state index contributed by atoms with van der Waals surface area (Å²) in [6, 6.07) is 13.9. The maximum atomic E-state index is 13.4. The van der Waals surface area contributed by atoms with Crippen molar-refractivity contribution in [2.75, 3.05) is 39.4 Å². The zero-order valence-electron chi connectivity index (χ0n) is 18.1. The molecule has 0 spiro atoms. The molecule has 1 amide bonds. The fourth-order valence-electron chi connectivity index (χ4n) is 4.36. The quantitative estimate of drug-likeness (QED) is 0.370. The van der Waals surface area contributed by atoms with E-state index in [2.05, 4.69) is 15.9 Å². The highest BCUT2D eigenvalue weighted by Gasteiger charge is 2.43. The van der Waals surface area contributed by atoms with Crippen molar-refractivity contribution in [1.82, 2.24) is 4.90 Å².